The van der Waals surface area contributed by atoms with E-state index in [9.17, 15) is 0 Å². The zero-order valence-corrected chi connectivity index (χ0v) is 10.9. The maximum absolute atomic E-state index is 5.52. The van der Waals surface area contributed by atoms with Crippen LogP contribution in [-0.2, 0) is 6.42 Å². The highest BCUT2D eigenvalue weighted by molar-refractivity contribution is 5.45. The van der Waals surface area contributed by atoms with E-state index in [4.69, 9.17) is 5.73 Å². The predicted octanol–water partition coefficient (Wildman–Crippen LogP) is 2.86. The lowest BCUT2D eigenvalue weighted by atomic mass is 10.2. The third kappa shape index (κ3) is 4.96. The van der Waals surface area contributed by atoms with Crippen molar-refractivity contribution in [2.75, 3.05) is 17.6 Å². The van der Waals surface area contributed by atoms with Gasteiger partial charge in [-0.15, -0.1) is 0 Å². The van der Waals surface area contributed by atoms with E-state index in [0.29, 0.717) is 5.95 Å². The van der Waals surface area contributed by atoms with E-state index < -0.39 is 0 Å². The second kappa shape index (κ2) is 8.95. The molecule has 0 unspecified atom stereocenters. The molecule has 0 aliphatic rings. The Labute approximate surface area is 98.7 Å². The van der Waals surface area contributed by atoms with Gasteiger partial charge in [0.1, 0.15) is 5.82 Å². The van der Waals surface area contributed by atoms with E-state index in [0.717, 1.165) is 30.8 Å². The van der Waals surface area contributed by atoms with Crippen LogP contribution in [0.5, 0.6) is 0 Å². The van der Waals surface area contributed by atoms with Crippen LogP contribution in [0, 0.1) is 0 Å². The summed E-state index contributed by atoms with van der Waals surface area (Å²) < 4.78 is 0. The van der Waals surface area contributed by atoms with Crippen LogP contribution in [-0.4, -0.2) is 16.5 Å². The summed E-state index contributed by atoms with van der Waals surface area (Å²) in [5.41, 5.74) is 6.64. The van der Waals surface area contributed by atoms with E-state index >= 15 is 0 Å². The number of nitrogens with zero attached hydrogens (tertiary/aromatic N) is 2. The number of nitrogens with two attached hydrogens (primary N) is 1. The van der Waals surface area contributed by atoms with Gasteiger partial charge in [0.05, 0.1) is 0 Å². The van der Waals surface area contributed by atoms with E-state index in [1.54, 1.807) is 6.20 Å². The molecule has 4 heteroatoms. The summed E-state index contributed by atoms with van der Waals surface area (Å²) >= 11 is 0. The summed E-state index contributed by atoms with van der Waals surface area (Å²) in [6, 6.07) is 0. The number of hydrogen-bond donors (Lipinski definition) is 2. The second-order valence-electron chi connectivity index (χ2n) is 3.24. The Morgan fingerprint density at radius 1 is 1.31 bits per heavy atom. The normalized spacial score (nSPS) is 9.25. The summed E-state index contributed by atoms with van der Waals surface area (Å²) in [5.74, 6) is 1.22. The molecule has 4 nitrogen and oxygen atoms in total. The highest BCUT2D eigenvalue weighted by Crippen LogP contribution is 2.12. The average Bonchev–Trinajstić information content (AvgIpc) is 2.32. The molecule has 3 N–H and O–H groups in total. The molecule has 1 aromatic heterocycles. The zero-order valence-electron chi connectivity index (χ0n) is 10.9. The van der Waals surface area contributed by atoms with Crippen molar-refractivity contribution >= 4 is 11.8 Å². The predicted molar refractivity (Wildman–Crippen MR) is 70.6 cm³/mol. The van der Waals surface area contributed by atoms with Crippen molar-refractivity contribution in [3.05, 3.63) is 11.8 Å². The Morgan fingerprint density at radius 3 is 2.56 bits per heavy atom. The maximum atomic E-state index is 5.52. The van der Waals surface area contributed by atoms with Gasteiger partial charge >= 0.3 is 0 Å². The molecule has 0 saturated heterocycles. The number of aryl methyl sites for hydroxylation is 1. The molecule has 1 aromatic rings. The molecule has 0 amide bonds. The second-order valence-corrected chi connectivity index (χ2v) is 3.24. The van der Waals surface area contributed by atoms with Crippen molar-refractivity contribution in [3.63, 3.8) is 0 Å². The number of unbranched alkanes of at least 4 members (excludes halogenated alkanes) is 1. The third-order valence-corrected chi connectivity index (χ3v) is 2.09. The van der Waals surface area contributed by atoms with Crippen LogP contribution in [0.1, 0.15) is 46.1 Å². The van der Waals surface area contributed by atoms with Gasteiger partial charge in [-0.25, -0.2) is 4.98 Å². The summed E-state index contributed by atoms with van der Waals surface area (Å²) in [6.45, 7) is 9.19. The Bertz CT molecular complexity index is 286. The van der Waals surface area contributed by atoms with Crippen molar-refractivity contribution < 1.29 is 0 Å². The van der Waals surface area contributed by atoms with Crippen LogP contribution in [0.25, 0.3) is 0 Å². The maximum Gasteiger partial charge on any atom is 0.221 e. The van der Waals surface area contributed by atoms with Crippen molar-refractivity contribution in [1.82, 2.24) is 9.97 Å². The van der Waals surface area contributed by atoms with E-state index in [2.05, 4.69) is 29.1 Å². The zero-order chi connectivity index (χ0) is 12.4. The first kappa shape index (κ1) is 14.7. The van der Waals surface area contributed by atoms with Gasteiger partial charge in [0.15, 0.2) is 0 Å². The number of nitrogens with one attached hydrogen (secondary N) is 1. The quantitative estimate of drug-likeness (QED) is 0.755. The minimum atomic E-state index is 0.334. The summed E-state index contributed by atoms with van der Waals surface area (Å²) in [7, 11) is 0. The number of anilines is 2. The minimum absolute atomic E-state index is 0.334. The molecule has 0 atom stereocenters. The lowest BCUT2D eigenvalue weighted by molar-refractivity contribution is 0.828. The van der Waals surface area contributed by atoms with Gasteiger partial charge in [0.2, 0.25) is 5.95 Å². The molecule has 0 bridgehead atoms. The summed E-state index contributed by atoms with van der Waals surface area (Å²) in [5, 5.41) is 3.27. The molecule has 0 saturated carbocycles. The van der Waals surface area contributed by atoms with Gasteiger partial charge in [-0.1, -0.05) is 34.1 Å². The Morgan fingerprint density at radius 2 is 2.00 bits per heavy atom. The first-order valence-corrected chi connectivity index (χ1v) is 6.13. The fraction of sp³-hybridized carbons (Fsp3) is 0.667. The van der Waals surface area contributed by atoms with Crippen LogP contribution in [0.3, 0.4) is 0 Å². The lowest BCUT2D eigenvalue weighted by Crippen LogP contribution is -2.08. The lowest BCUT2D eigenvalue weighted by Gasteiger charge is -2.08. The standard InChI is InChI=1S/C10H18N4.C2H6/c1-3-5-6-12-9-8(4-2)7-13-10(11)14-9;1-2/h7H,3-6H2,1-2H3,(H3,11,12,13,14);1-2H3. The van der Waals surface area contributed by atoms with Crippen LogP contribution in [0.15, 0.2) is 6.20 Å². The summed E-state index contributed by atoms with van der Waals surface area (Å²) in [4.78, 5) is 8.14. The number of hydrogen-bond acceptors (Lipinski definition) is 4. The Kier molecular flexibility index (Phi) is 8.21. The highest BCUT2D eigenvalue weighted by atomic mass is 15.1. The van der Waals surface area contributed by atoms with Crippen molar-refractivity contribution in [2.45, 2.75) is 47.0 Å². The minimum Gasteiger partial charge on any atom is -0.370 e. The first-order valence-electron chi connectivity index (χ1n) is 6.13. The molecular formula is C12H24N4. The Balaban J connectivity index is 0.00000106. The van der Waals surface area contributed by atoms with Crippen molar-refractivity contribution in [2.24, 2.45) is 0 Å². The van der Waals surface area contributed by atoms with Crippen LogP contribution < -0.4 is 11.1 Å². The molecule has 0 radical (unpaired) electrons. The number of nitrogen functional groups attached to an aromatic ring is 1. The molecule has 92 valence electrons. The summed E-state index contributed by atoms with van der Waals surface area (Å²) in [6.07, 6.45) is 5.04. The van der Waals surface area contributed by atoms with E-state index in [1.807, 2.05) is 13.8 Å². The highest BCUT2D eigenvalue weighted by Gasteiger charge is 2.02. The molecule has 1 heterocycles. The molecule has 0 spiro atoms. The van der Waals surface area contributed by atoms with Gasteiger partial charge in [-0.3, -0.25) is 0 Å². The van der Waals surface area contributed by atoms with Crippen LogP contribution in [0.4, 0.5) is 11.8 Å². The Hall–Kier alpha value is -1.32. The smallest absolute Gasteiger partial charge is 0.221 e. The SMILES string of the molecule is CC.CCCCNc1nc(N)ncc1CC. The van der Waals surface area contributed by atoms with Gasteiger partial charge in [0.25, 0.3) is 0 Å². The number of aromatic nitrogens is 2. The van der Waals surface area contributed by atoms with Gasteiger partial charge in [0, 0.05) is 18.3 Å². The molecule has 0 fully saturated rings. The fourth-order valence-corrected chi connectivity index (χ4v) is 1.22. The van der Waals surface area contributed by atoms with Crippen molar-refractivity contribution in [3.8, 4) is 0 Å². The van der Waals surface area contributed by atoms with Crippen LogP contribution >= 0.6 is 0 Å². The monoisotopic (exact) mass is 224 g/mol. The van der Waals surface area contributed by atoms with E-state index in [1.165, 1.54) is 6.42 Å². The van der Waals surface area contributed by atoms with Crippen LogP contribution in [0.2, 0.25) is 0 Å². The molecule has 0 aromatic carbocycles. The average molecular weight is 224 g/mol. The third-order valence-electron chi connectivity index (χ3n) is 2.09. The van der Waals surface area contributed by atoms with Gasteiger partial charge in [-0.2, -0.15) is 4.98 Å². The molecule has 0 aliphatic carbocycles. The van der Waals surface area contributed by atoms with Crippen molar-refractivity contribution in [1.29, 1.82) is 0 Å². The van der Waals surface area contributed by atoms with Gasteiger partial charge in [-0.05, 0) is 12.8 Å². The molecule has 0 aliphatic heterocycles. The molecule has 16 heavy (non-hydrogen) atoms. The number of rotatable bonds is 5. The molecular weight excluding hydrogens is 200 g/mol. The van der Waals surface area contributed by atoms with E-state index in [-0.39, 0.29) is 0 Å². The largest absolute Gasteiger partial charge is 0.370 e. The molecule has 1 rings (SSSR count). The topological polar surface area (TPSA) is 63.8 Å². The van der Waals surface area contributed by atoms with Gasteiger partial charge < -0.3 is 11.1 Å². The fourth-order valence-electron chi connectivity index (χ4n) is 1.22. The first-order chi connectivity index (χ1) is 7.77.